The predicted octanol–water partition coefficient (Wildman–Crippen LogP) is 5.48. The topological polar surface area (TPSA) is 59.8 Å². The zero-order valence-corrected chi connectivity index (χ0v) is 17.5. The van der Waals surface area contributed by atoms with Crippen LogP contribution in [0.25, 0.3) is 11.4 Å². The minimum atomic E-state index is -0.187. The molecule has 1 heterocycles. The molecule has 0 aliphatic rings. The Morgan fingerprint density at radius 1 is 1.18 bits per heavy atom. The number of aromatic nitrogens is 3. The van der Waals surface area contributed by atoms with E-state index < -0.39 is 0 Å². The van der Waals surface area contributed by atoms with Gasteiger partial charge in [0.1, 0.15) is 0 Å². The fourth-order valence-corrected chi connectivity index (χ4v) is 3.83. The van der Waals surface area contributed by atoms with Crippen LogP contribution in [-0.4, -0.2) is 26.4 Å². The van der Waals surface area contributed by atoms with Gasteiger partial charge in [0.25, 0.3) is 0 Å². The number of thioether (sulfide) groups is 1. The van der Waals surface area contributed by atoms with Crippen LogP contribution in [-0.2, 0) is 11.3 Å². The molecule has 144 valence electrons. The Balaban J connectivity index is 1.72. The van der Waals surface area contributed by atoms with Gasteiger partial charge in [-0.2, -0.15) is 0 Å². The van der Waals surface area contributed by atoms with Gasteiger partial charge in [0.15, 0.2) is 11.0 Å². The molecule has 0 spiro atoms. The Morgan fingerprint density at radius 2 is 1.86 bits per heavy atom. The molecule has 0 saturated carbocycles. The molecule has 0 bridgehead atoms. The van der Waals surface area contributed by atoms with Crippen LogP contribution < -0.4 is 5.32 Å². The summed E-state index contributed by atoms with van der Waals surface area (Å²) in [7, 11) is 0. The molecule has 8 heteroatoms. The number of amides is 1. The number of rotatable bonds is 7. The van der Waals surface area contributed by atoms with E-state index in [1.807, 2.05) is 35.8 Å². The normalized spacial score (nSPS) is 10.7. The Kier molecular flexibility index (Phi) is 6.78. The highest BCUT2D eigenvalue weighted by atomic mass is 35.5. The number of carbonyl (C=O) groups is 1. The van der Waals surface area contributed by atoms with Gasteiger partial charge in [-0.3, -0.25) is 9.36 Å². The number of anilines is 1. The number of nitrogens with one attached hydrogen (secondary N) is 1. The number of hydrogen-bond donors (Lipinski definition) is 1. The van der Waals surface area contributed by atoms with Crippen LogP contribution in [0.4, 0.5) is 5.69 Å². The van der Waals surface area contributed by atoms with E-state index in [9.17, 15) is 4.79 Å². The Labute approximate surface area is 177 Å². The van der Waals surface area contributed by atoms with Gasteiger partial charge in [0.05, 0.1) is 5.75 Å². The quantitative estimate of drug-likeness (QED) is 0.396. The van der Waals surface area contributed by atoms with E-state index in [0.717, 1.165) is 11.4 Å². The molecule has 1 aromatic heterocycles. The number of allylic oxidation sites excluding steroid dienone is 1. The predicted molar refractivity (Wildman–Crippen MR) is 116 cm³/mol. The van der Waals surface area contributed by atoms with Gasteiger partial charge < -0.3 is 5.32 Å². The third-order valence-electron chi connectivity index (χ3n) is 3.82. The summed E-state index contributed by atoms with van der Waals surface area (Å²) in [6.45, 7) is 6.38. The van der Waals surface area contributed by atoms with Crippen LogP contribution in [0.2, 0.25) is 10.0 Å². The smallest absolute Gasteiger partial charge is 0.234 e. The van der Waals surface area contributed by atoms with Gasteiger partial charge in [-0.05, 0) is 25.1 Å². The second kappa shape index (κ2) is 9.28. The van der Waals surface area contributed by atoms with Crippen LogP contribution in [0.3, 0.4) is 0 Å². The first-order valence-electron chi connectivity index (χ1n) is 8.46. The molecule has 0 fully saturated rings. The SMILES string of the molecule is C=CCn1c(SCC(=O)Nc2cc(Cl)cc(Cl)c2)nnc1-c1ccc(C)cc1. The number of aryl methyl sites for hydroxylation is 1. The summed E-state index contributed by atoms with van der Waals surface area (Å²) >= 11 is 13.2. The molecule has 1 N–H and O–H groups in total. The zero-order chi connectivity index (χ0) is 20.1. The lowest BCUT2D eigenvalue weighted by Gasteiger charge is -2.09. The largest absolute Gasteiger partial charge is 0.325 e. The van der Waals surface area contributed by atoms with E-state index in [-0.39, 0.29) is 11.7 Å². The van der Waals surface area contributed by atoms with Crippen molar-refractivity contribution in [1.29, 1.82) is 0 Å². The summed E-state index contributed by atoms with van der Waals surface area (Å²) in [6, 6.07) is 13.0. The number of nitrogens with zero attached hydrogens (tertiary/aromatic N) is 3. The van der Waals surface area contributed by atoms with Crippen LogP contribution in [0.1, 0.15) is 5.56 Å². The van der Waals surface area contributed by atoms with Crippen LogP contribution in [0.15, 0.2) is 60.3 Å². The van der Waals surface area contributed by atoms with Crippen molar-refractivity contribution in [1.82, 2.24) is 14.8 Å². The molecule has 28 heavy (non-hydrogen) atoms. The average Bonchev–Trinajstić information content (AvgIpc) is 3.03. The second-order valence-electron chi connectivity index (χ2n) is 6.07. The molecule has 0 saturated heterocycles. The van der Waals surface area contributed by atoms with E-state index in [2.05, 4.69) is 22.1 Å². The van der Waals surface area contributed by atoms with Crippen LogP contribution in [0.5, 0.6) is 0 Å². The third kappa shape index (κ3) is 5.16. The Hall–Kier alpha value is -2.28. The minimum Gasteiger partial charge on any atom is -0.325 e. The number of hydrogen-bond acceptors (Lipinski definition) is 4. The fraction of sp³-hybridized carbons (Fsp3) is 0.150. The van der Waals surface area contributed by atoms with Crippen molar-refractivity contribution in [2.24, 2.45) is 0 Å². The maximum Gasteiger partial charge on any atom is 0.234 e. The maximum absolute atomic E-state index is 12.3. The van der Waals surface area contributed by atoms with Crippen molar-refractivity contribution in [3.05, 3.63) is 70.7 Å². The lowest BCUT2D eigenvalue weighted by molar-refractivity contribution is -0.113. The first kappa shape index (κ1) is 20.5. The second-order valence-corrected chi connectivity index (χ2v) is 7.88. The molecule has 3 aromatic rings. The Morgan fingerprint density at radius 3 is 2.50 bits per heavy atom. The highest BCUT2D eigenvalue weighted by molar-refractivity contribution is 7.99. The Bertz CT molecular complexity index is 982. The number of carbonyl (C=O) groups excluding carboxylic acids is 1. The molecular formula is C20H18Cl2N4OS. The molecule has 0 atom stereocenters. The lowest BCUT2D eigenvalue weighted by atomic mass is 10.1. The molecule has 0 aliphatic carbocycles. The van der Waals surface area contributed by atoms with Gasteiger partial charge >= 0.3 is 0 Å². The highest BCUT2D eigenvalue weighted by Gasteiger charge is 2.15. The molecule has 0 aliphatic heterocycles. The first-order chi connectivity index (χ1) is 13.5. The van der Waals surface area contributed by atoms with Crippen molar-refractivity contribution >= 4 is 46.6 Å². The van der Waals surface area contributed by atoms with Gasteiger partial charge in [-0.15, -0.1) is 16.8 Å². The maximum atomic E-state index is 12.3. The van der Waals surface area contributed by atoms with Crippen LogP contribution >= 0.6 is 35.0 Å². The summed E-state index contributed by atoms with van der Waals surface area (Å²) in [5, 5.41) is 12.9. The van der Waals surface area contributed by atoms with Gasteiger partial charge in [0.2, 0.25) is 5.91 Å². The number of halogens is 2. The van der Waals surface area contributed by atoms with E-state index in [4.69, 9.17) is 23.2 Å². The van der Waals surface area contributed by atoms with Crippen molar-refractivity contribution < 1.29 is 4.79 Å². The fourth-order valence-electron chi connectivity index (χ4n) is 2.56. The van der Waals surface area contributed by atoms with Crippen LogP contribution in [0, 0.1) is 6.92 Å². The molecule has 3 rings (SSSR count). The lowest BCUT2D eigenvalue weighted by Crippen LogP contribution is -2.14. The molecular weight excluding hydrogens is 415 g/mol. The minimum absolute atomic E-state index is 0.174. The van der Waals surface area contributed by atoms with Crippen molar-refractivity contribution in [2.45, 2.75) is 18.6 Å². The molecule has 0 unspecified atom stereocenters. The van der Waals surface area contributed by atoms with E-state index >= 15 is 0 Å². The summed E-state index contributed by atoms with van der Waals surface area (Å²) in [4.78, 5) is 12.3. The van der Waals surface area contributed by atoms with Gasteiger partial charge in [0, 0.05) is 27.8 Å². The van der Waals surface area contributed by atoms with Crippen molar-refractivity contribution in [3.63, 3.8) is 0 Å². The van der Waals surface area contributed by atoms with E-state index in [1.54, 1.807) is 24.3 Å². The van der Waals surface area contributed by atoms with Gasteiger partial charge in [-0.1, -0.05) is 70.9 Å². The zero-order valence-electron chi connectivity index (χ0n) is 15.2. The molecule has 2 aromatic carbocycles. The highest BCUT2D eigenvalue weighted by Crippen LogP contribution is 2.26. The summed E-state index contributed by atoms with van der Waals surface area (Å²) in [5.41, 5.74) is 2.69. The van der Waals surface area contributed by atoms with E-state index in [0.29, 0.717) is 27.4 Å². The van der Waals surface area contributed by atoms with Crippen molar-refractivity contribution in [3.8, 4) is 11.4 Å². The summed E-state index contributed by atoms with van der Waals surface area (Å²) < 4.78 is 1.94. The molecule has 1 amide bonds. The van der Waals surface area contributed by atoms with Gasteiger partial charge in [-0.25, -0.2) is 0 Å². The number of benzene rings is 2. The first-order valence-corrected chi connectivity index (χ1v) is 10.2. The standard InChI is InChI=1S/C20H18Cl2N4OS/c1-3-8-26-19(14-6-4-13(2)5-7-14)24-25-20(26)28-12-18(27)23-17-10-15(21)9-16(22)11-17/h3-7,9-11H,1,8,12H2,2H3,(H,23,27). The summed E-state index contributed by atoms with van der Waals surface area (Å²) in [6.07, 6.45) is 1.78. The summed E-state index contributed by atoms with van der Waals surface area (Å²) in [5.74, 6) is 0.727. The monoisotopic (exact) mass is 432 g/mol. The van der Waals surface area contributed by atoms with E-state index in [1.165, 1.54) is 17.3 Å². The average molecular weight is 433 g/mol. The molecule has 0 radical (unpaired) electrons. The third-order valence-corrected chi connectivity index (χ3v) is 5.22. The van der Waals surface area contributed by atoms with Crippen molar-refractivity contribution in [2.75, 3.05) is 11.1 Å². The molecule has 5 nitrogen and oxygen atoms in total.